The lowest BCUT2D eigenvalue weighted by molar-refractivity contribution is -0.122. The van der Waals surface area contributed by atoms with Gasteiger partial charge in [-0.25, -0.2) is 4.98 Å². The second kappa shape index (κ2) is 5.07. The van der Waals surface area contributed by atoms with E-state index in [0.29, 0.717) is 13.0 Å². The number of aryl methyl sites for hydroxylation is 1. The van der Waals surface area contributed by atoms with E-state index in [1.165, 1.54) is 0 Å². The van der Waals surface area contributed by atoms with Crippen molar-refractivity contribution in [3.05, 3.63) is 12.2 Å². The summed E-state index contributed by atoms with van der Waals surface area (Å²) in [5.74, 6) is 0.857. The molecule has 6 nitrogen and oxygen atoms in total. The molecule has 1 aliphatic heterocycles. The van der Waals surface area contributed by atoms with Crippen LogP contribution in [-0.4, -0.2) is 39.8 Å². The highest BCUT2D eigenvalue weighted by Crippen LogP contribution is 2.04. The van der Waals surface area contributed by atoms with Crippen molar-refractivity contribution in [1.29, 1.82) is 0 Å². The molecule has 0 aromatic carbocycles. The Kier molecular flexibility index (Phi) is 3.51. The van der Waals surface area contributed by atoms with Crippen molar-refractivity contribution in [3.63, 3.8) is 0 Å². The lowest BCUT2D eigenvalue weighted by Gasteiger charge is -2.09. The Labute approximate surface area is 94.4 Å². The molecule has 0 aliphatic carbocycles. The standard InChI is InChI=1S/C10H17N5O/c1-15-7-13-9(14-15)4-6-12-10(16)8-3-2-5-11-8/h7-8,11H,2-6H2,1H3,(H,12,16)/t8-/m0/s1. The maximum absolute atomic E-state index is 11.6. The number of hydrogen-bond donors (Lipinski definition) is 2. The number of rotatable bonds is 4. The first-order valence-corrected chi connectivity index (χ1v) is 5.61. The molecule has 1 atom stereocenters. The summed E-state index contributed by atoms with van der Waals surface area (Å²) in [6, 6.07) is -0.00306. The molecule has 1 amide bonds. The summed E-state index contributed by atoms with van der Waals surface area (Å²) in [6.07, 6.45) is 4.36. The first-order chi connectivity index (χ1) is 7.75. The van der Waals surface area contributed by atoms with Crippen molar-refractivity contribution >= 4 is 5.91 Å². The molecule has 16 heavy (non-hydrogen) atoms. The van der Waals surface area contributed by atoms with Gasteiger partial charge >= 0.3 is 0 Å². The Morgan fingerprint density at radius 1 is 1.75 bits per heavy atom. The zero-order valence-electron chi connectivity index (χ0n) is 9.44. The van der Waals surface area contributed by atoms with Crippen LogP contribution in [0.15, 0.2) is 6.33 Å². The highest BCUT2D eigenvalue weighted by Gasteiger charge is 2.21. The Morgan fingerprint density at radius 2 is 2.62 bits per heavy atom. The highest BCUT2D eigenvalue weighted by atomic mass is 16.2. The van der Waals surface area contributed by atoms with Gasteiger partial charge in [0.05, 0.1) is 6.04 Å². The van der Waals surface area contributed by atoms with Crippen molar-refractivity contribution < 1.29 is 4.79 Å². The summed E-state index contributed by atoms with van der Waals surface area (Å²) in [5, 5.41) is 10.2. The number of nitrogens with zero attached hydrogens (tertiary/aromatic N) is 3. The Bertz CT molecular complexity index is 356. The van der Waals surface area contributed by atoms with E-state index >= 15 is 0 Å². The third-order valence-electron chi connectivity index (χ3n) is 2.67. The molecule has 2 heterocycles. The van der Waals surface area contributed by atoms with Gasteiger partial charge in [-0.1, -0.05) is 0 Å². The number of carbonyl (C=O) groups excluding carboxylic acids is 1. The average molecular weight is 223 g/mol. The maximum Gasteiger partial charge on any atom is 0.237 e. The molecule has 88 valence electrons. The maximum atomic E-state index is 11.6. The lowest BCUT2D eigenvalue weighted by atomic mass is 10.2. The van der Waals surface area contributed by atoms with Gasteiger partial charge in [0.1, 0.15) is 6.33 Å². The predicted octanol–water partition coefficient (Wildman–Crippen LogP) is -0.774. The fourth-order valence-electron chi connectivity index (χ4n) is 1.83. The van der Waals surface area contributed by atoms with E-state index in [1.54, 1.807) is 11.0 Å². The third-order valence-corrected chi connectivity index (χ3v) is 2.67. The van der Waals surface area contributed by atoms with E-state index in [-0.39, 0.29) is 11.9 Å². The van der Waals surface area contributed by atoms with Gasteiger partial charge in [-0.3, -0.25) is 9.48 Å². The van der Waals surface area contributed by atoms with Crippen LogP contribution in [0.1, 0.15) is 18.7 Å². The molecule has 1 aliphatic rings. The number of hydrogen-bond acceptors (Lipinski definition) is 4. The summed E-state index contributed by atoms with van der Waals surface area (Å²) >= 11 is 0. The van der Waals surface area contributed by atoms with Gasteiger partial charge in [0, 0.05) is 20.0 Å². The summed E-state index contributed by atoms with van der Waals surface area (Å²) in [4.78, 5) is 15.7. The molecule has 2 rings (SSSR count). The van der Waals surface area contributed by atoms with Crippen LogP contribution in [0.5, 0.6) is 0 Å². The monoisotopic (exact) mass is 223 g/mol. The number of nitrogens with one attached hydrogen (secondary N) is 2. The van der Waals surface area contributed by atoms with Crippen LogP contribution < -0.4 is 10.6 Å². The molecular formula is C10H17N5O. The highest BCUT2D eigenvalue weighted by molar-refractivity contribution is 5.81. The van der Waals surface area contributed by atoms with Crippen LogP contribution in [-0.2, 0) is 18.3 Å². The molecule has 0 unspecified atom stereocenters. The van der Waals surface area contributed by atoms with Crippen LogP contribution in [0.25, 0.3) is 0 Å². The molecule has 0 spiro atoms. The predicted molar refractivity (Wildman–Crippen MR) is 58.7 cm³/mol. The van der Waals surface area contributed by atoms with Crippen LogP contribution in [0.3, 0.4) is 0 Å². The second-order valence-corrected chi connectivity index (χ2v) is 4.02. The number of aromatic nitrogens is 3. The Hall–Kier alpha value is -1.43. The quantitative estimate of drug-likeness (QED) is 0.703. The number of carbonyl (C=O) groups is 1. The average Bonchev–Trinajstić information content (AvgIpc) is 2.89. The van der Waals surface area contributed by atoms with Gasteiger partial charge in [-0.2, -0.15) is 5.10 Å². The van der Waals surface area contributed by atoms with E-state index in [2.05, 4.69) is 20.7 Å². The molecule has 0 radical (unpaired) electrons. The topological polar surface area (TPSA) is 71.8 Å². The fourth-order valence-corrected chi connectivity index (χ4v) is 1.83. The van der Waals surface area contributed by atoms with Gasteiger partial charge in [0.2, 0.25) is 5.91 Å². The van der Waals surface area contributed by atoms with Crippen molar-refractivity contribution in [2.24, 2.45) is 7.05 Å². The normalized spacial score (nSPS) is 19.9. The molecule has 0 saturated carbocycles. The molecule has 6 heteroatoms. The fraction of sp³-hybridized carbons (Fsp3) is 0.700. The van der Waals surface area contributed by atoms with Crippen molar-refractivity contribution in [2.45, 2.75) is 25.3 Å². The smallest absolute Gasteiger partial charge is 0.237 e. The van der Waals surface area contributed by atoms with Gasteiger partial charge in [-0.15, -0.1) is 0 Å². The van der Waals surface area contributed by atoms with Crippen LogP contribution in [0, 0.1) is 0 Å². The minimum absolute atomic E-state index is 0.00306. The minimum atomic E-state index is -0.00306. The summed E-state index contributed by atoms with van der Waals surface area (Å²) in [7, 11) is 1.83. The van der Waals surface area contributed by atoms with E-state index in [9.17, 15) is 4.79 Å². The van der Waals surface area contributed by atoms with Crippen molar-refractivity contribution in [3.8, 4) is 0 Å². The zero-order chi connectivity index (χ0) is 11.4. The van der Waals surface area contributed by atoms with E-state index < -0.39 is 0 Å². The lowest BCUT2D eigenvalue weighted by Crippen LogP contribution is -2.41. The Balaban J connectivity index is 1.69. The van der Waals surface area contributed by atoms with E-state index in [1.807, 2.05) is 7.05 Å². The molecule has 1 saturated heterocycles. The van der Waals surface area contributed by atoms with E-state index in [4.69, 9.17) is 0 Å². The van der Waals surface area contributed by atoms with Gasteiger partial charge in [-0.05, 0) is 19.4 Å². The first kappa shape index (κ1) is 11.1. The molecule has 0 bridgehead atoms. The van der Waals surface area contributed by atoms with Crippen molar-refractivity contribution in [2.75, 3.05) is 13.1 Å². The second-order valence-electron chi connectivity index (χ2n) is 4.02. The van der Waals surface area contributed by atoms with Crippen LogP contribution in [0.4, 0.5) is 0 Å². The summed E-state index contributed by atoms with van der Waals surface area (Å²) < 4.78 is 1.66. The molecule has 1 aromatic rings. The molecule has 2 N–H and O–H groups in total. The van der Waals surface area contributed by atoms with Crippen LogP contribution in [0.2, 0.25) is 0 Å². The van der Waals surface area contributed by atoms with Crippen molar-refractivity contribution in [1.82, 2.24) is 25.4 Å². The largest absolute Gasteiger partial charge is 0.354 e. The van der Waals surface area contributed by atoms with Gasteiger partial charge in [0.15, 0.2) is 5.82 Å². The molecular weight excluding hydrogens is 206 g/mol. The third kappa shape index (κ3) is 2.79. The number of amides is 1. The van der Waals surface area contributed by atoms with Crippen LogP contribution >= 0.6 is 0 Å². The molecule has 1 aromatic heterocycles. The first-order valence-electron chi connectivity index (χ1n) is 5.61. The minimum Gasteiger partial charge on any atom is -0.354 e. The summed E-state index contributed by atoms with van der Waals surface area (Å²) in [5.41, 5.74) is 0. The van der Waals surface area contributed by atoms with E-state index in [0.717, 1.165) is 25.2 Å². The summed E-state index contributed by atoms with van der Waals surface area (Å²) in [6.45, 7) is 1.54. The Morgan fingerprint density at radius 3 is 3.25 bits per heavy atom. The zero-order valence-corrected chi connectivity index (χ0v) is 9.44. The SMILES string of the molecule is Cn1cnc(CCNC(=O)[C@@H]2CCCN2)n1. The molecule has 1 fully saturated rings. The van der Waals surface area contributed by atoms with Gasteiger partial charge < -0.3 is 10.6 Å². The van der Waals surface area contributed by atoms with Gasteiger partial charge in [0.25, 0.3) is 0 Å².